The van der Waals surface area contributed by atoms with Crippen LogP contribution in [0.1, 0.15) is 57.6 Å². The van der Waals surface area contributed by atoms with Crippen LogP contribution >= 0.6 is 0 Å². The zero-order valence-electron chi connectivity index (χ0n) is 13.6. The summed E-state index contributed by atoms with van der Waals surface area (Å²) in [7, 11) is 0. The fourth-order valence-electron chi connectivity index (χ4n) is 2.97. The average molecular weight is 304 g/mol. The van der Waals surface area contributed by atoms with Crippen molar-refractivity contribution in [2.45, 2.75) is 70.4 Å². The van der Waals surface area contributed by atoms with E-state index in [4.69, 9.17) is 0 Å². The quantitative estimate of drug-likeness (QED) is 0.846. The Kier molecular flexibility index (Phi) is 7.30. The summed E-state index contributed by atoms with van der Waals surface area (Å²) in [6, 6.07) is 0.574. The van der Waals surface area contributed by atoms with Crippen LogP contribution in [0.3, 0.4) is 0 Å². The molecule has 1 heterocycles. The Labute approximate surface area is 133 Å². The molecule has 0 aliphatic heterocycles. The molecule has 1 fully saturated rings. The van der Waals surface area contributed by atoms with Crippen molar-refractivity contribution in [3.05, 3.63) is 24.3 Å². The van der Waals surface area contributed by atoms with Gasteiger partial charge in [0.05, 0.1) is 12.2 Å². The number of hydrogen-bond acceptors (Lipinski definition) is 4. The summed E-state index contributed by atoms with van der Waals surface area (Å²) in [5, 5.41) is 6.45. The first-order valence-electron chi connectivity index (χ1n) is 8.51. The first kappa shape index (κ1) is 16.9. The van der Waals surface area contributed by atoms with Gasteiger partial charge in [-0.1, -0.05) is 32.1 Å². The number of carbonyl (C=O) groups excluding carboxylic acids is 1. The highest BCUT2D eigenvalue weighted by Gasteiger charge is 2.14. The van der Waals surface area contributed by atoms with Crippen LogP contribution in [0.4, 0.5) is 0 Å². The third kappa shape index (κ3) is 6.52. The van der Waals surface area contributed by atoms with Gasteiger partial charge >= 0.3 is 0 Å². The van der Waals surface area contributed by atoms with Gasteiger partial charge in [0, 0.05) is 37.1 Å². The van der Waals surface area contributed by atoms with E-state index in [1.165, 1.54) is 32.1 Å². The Morgan fingerprint density at radius 3 is 2.64 bits per heavy atom. The Morgan fingerprint density at radius 1 is 1.23 bits per heavy atom. The minimum Gasteiger partial charge on any atom is -0.352 e. The molecule has 1 aromatic heterocycles. The van der Waals surface area contributed by atoms with Gasteiger partial charge in [-0.2, -0.15) is 0 Å². The first-order valence-corrected chi connectivity index (χ1v) is 8.51. The van der Waals surface area contributed by atoms with Crippen molar-refractivity contribution in [1.82, 2.24) is 20.6 Å². The molecule has 0 radical (unpaired) electrons. The molecule has 1 atom stereocenters. The summed E-state index contributed by atoms with van der Waals surface area (Å²) in [5.41, 5.74) is 0.947. The molecule has 5 nitrogen and oxygen atoms in total. The van der Waals surface area contributed by atoms with E-state index in [-0.39, 0.29) is 11.9 Å². The normalized spacial score (nSPS) is 18.2. The van der Waals surface area contributed by atoms with Gasteiger partial charge in [0.15, 0.2) is 0 Å². The van der Waals surface area contributed by atoms with E-state index in [0.717, 1.165) is 25.0 Å². The Bertz CT molecular complexity index is 430. The number of hydrogen-bond donors (Lipinski definition) is 2. The SMILES string of the molecule is C[C@H](Cc1cnccn1)NCC(=O)NC1CCCCCCC1. The Balaban J connectivity index is 1.65. The maximum Gasteiger partial charge on any atom is 0.234 e. The lowest BCUT2D eigenvalue weighted by Crippen LogP contribution is -2.43. The van der Waals surface area contributed by atoms with Crippen LogP contribution in [0, 0.1) is 0 Å². The molecule has 2 rings (SSSR count). The zero-order chi connectivity index (χ0) is 15.6. The molecule has 5 heteroatoms. The molecular weight excluding hydrogens is 276 g/mol. The topological polar surface area (TPSA) is 66.9 Å². The second-order valence-corrected chi connectivity index (χ2v) is 6.29. The van der Waals surface area contributed by atoms with E-state index >= 15 is 0 Å². The smallest absolute Gasteiger partial charge is 0.234 e. The maximum atomic E-state index is 12.1. The minimum absolute atomic E-state index is 0.108. The molecule has 0 bridgehead atoms. The number of rotatable bonds is 6. The number of nitrogens with one attached hydrogen (secondary N) is 2. The number of carbonyl (C=O) groups is 1. The van der Waals surface area contributed by atoms with Gasteiger partial charge < -0.3 is 10.6 Å². The molecule has 0 saturated heterocycles. The van der Waals surface area contributed by atoms with Gasteiger partial charge in [0.1, 0.15) is 0 Å². The van der Waals surface area contributed by atoms with Crippen LogP contribution in [-0.2, 0) is 11.2 Å². The van der Waals surface area contributed by atoms with Crippen molar-refractivity contribution in [2.24, 2.45) is 0 Å². The second kappa shape index (κ2) is 9.51. The molecule has 1 saturated carbocycles. The lowest BCUT2D eigenvalue weighted by molar-refractivity contribution is -0.121. The Morgan fingerprint density at radius 2 is 1.95 bits per heavy atom. The highest BCUT2D eigenvalue weighted by molar-refractivity contribution is 5.78. The van der Waals surface area contributed by atoms with Gasteiger partial charge in [-0.25, -0.2) is 0 Å². The summed E-state index contributed by atoms with van der Waals surface area (Å²) < 4.78 is 0. The molecular formula is C17H28N4O. The van der Waals surface area contributed by atoms with Gasteiger partial charge in [-0.3, -0.25) is 14.8 Å². The van der Waals surface area contributed by atoms with E-state index in [2.05, 4.69) is 27.5 Å². The predicted octanol–water partition coefficient (Wildman–Crippen LogP) is 2.23. The second-order valence-electron chi connectivity index (χ2n) is 6.29. The van der Waals surface area contributed by atoms with Gasteiger partial charge in [0.25, 0.3) is 0 Å². The summed E-state index contributed by atoms with van der Waals surface area (Å²) in [4.78, 5) is 20.4. The third-order valence-electron chi connectivity index (χ3n) is 4.21. The Hall–Kier alpha value is -1.49. The fraction of sp³-hybridized carbons (Fsp3) is 0.706. The predicted molar refractivity (Wildman–Crippen MR) is 87.5 cm³/mol. The minimum atomic E-state index is 0.108. The number of aromatic nitrogens is 2. The lowest BCUT2D eigenvalue weighted by atomic mass is 9.97. The van der Waals surface area contributed by atoms with Crippen molar-refractivity contribution < 1.29 is 4.79 Å². The molecule has 1 aliphatic rings. The van der Waals surface area contributed by atoms with Gasteiger partial charge in [-0.15, -0.1) is 0 Å². The molecule has 1 aromatic rings. The maximum absolute atomic E-state index is 12.1. The van der Waals surface area contributed by atoms with E-state index in [9.17, 15) is 4.79 Å². The number of amides is 1. The van der Waals surface area contributed by atoms with Crippen molar-refractivity contribution in [2.75, 3.05) is 6.54 Å². The average Bonchev–Trinajstić information content (AvgIpc) is 2.49. The largest absolute Gasteiger partial charge is 0.352 e. The molecule has 1 aliphatic carbocycles. The van der Waals surface area contributed by atoms with E-state index in [1.54, 1.807) is 18.6 Å². The first-order chi connectivity index (χ1) is 10.7. The summed E-state index contributed by atoms with van der Waals surface area (Å²) in [5.74, 6) is 0.108. The van der Waals surface area contributed by atoms with Crippen molar-refractivity contribution >= 4 is 5.91 Å². The van der Waals surface area contributed by atoms with Crippen molar-refractivity contribution in [3.63, 3.8) is 0 Å². The van der Waals surface area contributed by atoms with E-state index < -0.39 is 0 Å². The highest BCUT2D eigenvalue weighted by atomic mass is 16.1. The number of nitrogens with zero attached hydrogens (tertiary/aromatic N) is 2. The van der Waals surface area contributed by atoms with Crippen LogP contribution < -0.4 is 10.6 Å². The van der Waals surface area contributed by atoms with Crippen LogP contribution in [-0.4, -0.2) is 34.5 Å². The molecule has 0 spiro atoms. The molecule has 2 N–H and O–H groups in total. The summed E-state index contributed by atoms with van der Waals surface area (Å²) in [6.07, 6.45) is 14.6. The molecule has 1 amide bonds. The molecule has 0 aromatic carbocycles. The lowest BCUT2D eigenvalue weighted by Gasteiger charge is -2.21. The van der Waals surface area contributed by atoms with E-state index in [0.29, 0.717) is 12.6 Å². The fourth-order valence-corrected chi connectivity index (χ4v) is 2.97. The van der Waals surface area contributed by atoms with Gasteiger partial charge in [-0.05, 0) is 19.8 Å². The molecule has 22 heavy (non-hydrogen) atoms. The highest BCUT2D eigenvalue weighted by Crippen LogP contribution is 2.16. The van der Waals surface area contributed by atoms with E-state index in [1.807, 2.05) is 0 Å². The summed E-state index contributed by atoms with van der Waals surface area (Å²) in [6.45, 7) is 2.44. The third-order valence-corrected chi connectivity index (χ3v) is 4.21. The molecule has 122 valence electrons. The standard InChI is InChI=1S/C17H28N4O/c1-14(11-16-12-18-9-10-19-16)20-13-17(22)21-15-7-5-3-2-4-6-8-15/h9-10,12,14-15,20H,2-8,11,13H2,1H3,(H,21,22)/t14-/m1/s1. The van der Waals surface area contributed by atoms with Crippen LogP contribution in [0.15, 0.2) is 18.6 Å². The monoisotopic (exact) mass is 304 g/mol. The van der Waals surface area contributed by atoms with Crippen molar-refractivity contribution in [1.29, 1.82) is 0 Å². The summed E-state index contributed by atoms with van der Waals surface area (Å²) >= 11 is 0. The van der Waals surface area contributed by atoms with Crippen molar-refractivity contribution in [3.8, 4) is 0 Å². The van der Waals surface area contributed by atoms with Crippen LogP contribution in [0.2, 0.25) is 0 Å². The van der Waals surface area contributed by atoms with Crippen LogP contribution in [0.25, 0.3) is 0 Å². The molecule has 0 unspecified atom stereocenters. The zero-order valence-corrected chi connectivity index (χ0v) is 13.6. The van der Waals surface area contributed by atoms with Crippen LogP contribution in [0.5, 0.6) is 0 Å². The van der Waals surface area contributed by atoms with Gasteiger partial charge in [0.2, 0.25) is 5.91 Å².